The van der Waals surface area contributed by atoms with Crippen LogP contribution in [0.4, 0.5) is 17.6 Å². The Labute approximate surface area is 125 Å². The normalized spacial score (nSPS) is 22.4. The van der Waals surface area contributed by atoms with Crippen LogP contribution in [0.5, 0.6) is 0 Å². The first-order valence-electron chi connectivity index (χ1n) is 7.16. The molecule has 3 nitrogen and oxygen atoms in total. The van der Waals surface area contributed by atoms with Gasteiger partial charge in [-0.2, -0.15) is 13.2 Å². The van der Waals surface area contributed by atoms with Crippen molar-refractivity contribution in [3.63, 3.8) is 0 Å². The third-order valence-corrected chi connectivity index (χ3v) is 3.92. The van der Waals surface area contributed by atoms with Crippen molar-refractivity contribution in [3.05, 3.63) is 35.1 Å². The van der Waals surface area contributed by atoms with Crippen molar-refractivity contribution in [2.75, 3.05) is 0 Å². The maximum atomic E-state index is 13.0. The third-order valence-electron chi connectivity index (χ3n) is 3.92. The Morgan fingerprint density at radius 2 is 2.05 bits per heavy atom. The predicted octanol–water partition coefficient (Wildman–Crippen LogP) is 2.98. The Bertz CT molecular complexity index is 545. The van der Waals surface area contributed by atoms with E-state index in [9.17, 15) is 22.4 Å². The summed E-state index contributed by atoms with van der Waals surface area (Å²) in [4.78, 5) is 12.0. The van der Waals surface area contributed by atoms with Crippen LogP contribution in [0, 0.1) is 11.7 Å². The average Bonchev–Trinajstić information content (AvgIpc) is 2.44. The van der Waals surface area contributed by atoms with Crippen molar-refractivity contribution >= 4 is 5.91 Å². The van der Waals surface area contributed by atoms with Gasteiger partial charge in [0.25, 0.3) is 0 Å². The Balaban J connectivity index is 2.04. The highest BCUT2D eigenvalue weighted by molar-refractivity contribution is 5.78. The maximum absolute atomic E-state index is 13.0. The van der Waals surface area contributed by atoms with E-state index in [1.54, 1.807) is 0 Å². The van der Waals surface area contributed by atoms with Gasteiger partial charge in [0, 0.05) is 18.5 Å². The molecule has 1 aromatic rings. The summed E-state index contributed by atoms with van der Waals surface area (Å²) in [5, 5.41) is 2.50. The monoisotopic (exact) mass is 318 g/mol. The number of nitrogens with one attached hydrogen (secondary N) is 1. The molecule has 1 saturated carbocycles. The molecule has 1 aliphatic carbocycles. The number of hydrogen-bond donors (Lipinski definition) is 2. The Kier molecular flexibility index (Phi) is 5.05. The van der Waals surface area contributed by atoms with Gasteiger partial charge in [0.2, 0.25) is 5.91 Å². The minimum atomic E-state index is -4.66. The molecule has 2 rings (SSSR count). The van der Waals surface area contributed by atoms with Gasteiger partial charge in [-0.05, 0) is 37.0 Å². The molecular formula is C15H18F4N2O. The fraction of sp³-hybridized carbons (Fsp3) is 0.533. The minimum Gasteiger partial charge on any atom is -0.352 e. The van der Waals surface area contributed by atoms with E-state index in [2.05, 4.69) is 5.32 Å². The van der Waals surface area contributed by atoms with E-state index in [-0.39, 0.29) is 30.0 Å². The SMILES string of the molecule is NC1CCCC(C(=O)NCc2ccc(F)cc2C(F)(F)F)C1. The number of alkyl halides is 3. The van der Waals surface area contributed by atoms with Gasteiger partial charge in [0.1, 0.15) is 5.82 Å². The highest BCUT2D eigenvalue weighted by Gasteiger charge is 2.34. The zero-order chi connectivity index (χ0) is 16.3. The number of rotatable bonds is 3. The molecule has 0 bridgehead atoms. The second kappa shape index (κ2) is 6.64. The quantitative estimate of drug-likeness (QED) is 0.842. The molecule has 2 unspecified atom stereocenters. The first kappa shape index (κ1) is 16.7. The number of carbonyl (C=O) groups is 1. The molecule has 1 aromatic carbocycles. The van der Waals surface area contributed by atoms with Crippen molar-refractivity contribution in [1.82, 2.24) is 5.32 Å². The fourth-order valence-corrected chi connectivity index (χ4v) is 2.76. The van der Waals surface area contributed by atoms with Crippen LogP contribution in [-0.4, -0.2) is 11.9 Å². The lowest BCUT2D eigenvalue weighted by molar-refractivity contribution is -0.138. The molecule has 7 heteroatoms. The summed E-state index contributed by atoms with van der Waals surface area (Å²) in [6.07, 6.45) is -1.73. The van der Waals surface area contributed by atoms with Crippen molar-refractivity contribution in [1.29, 1.82) is 0 Å². The van der Waals surface area contributed by atoms with E-state index in [4.69, 9.17) is 5.73 Å². The smallest absolute Gasteiger partial charge is 0.352 e. The molecular weight excluding hydrogens is 300 g/mol. The zero-order valence-electron chi connectivity index (χ0n) is 11.9. The maximum Gasteiger partial charge on any atom is 0.416 e. The number of nitrogens with two attached hydrogens (primary N) is 1. The van der Waals surface area contributed by atoms with Gasteiger partial charge in [-0.3, -0.25) is 4.79 Å². The topological polar surface area (TPSA) is 55.1 Å². The van der Waals surface area contributed by atoms with Crippen LogP contribution in [0.25, 0.3) is 0 Å². The lowest BCUT2D eigenvalue weighted by Crippen LogP contribution is -2.37. The van der Waals surface area contributed by atoms with Crippen LogP contribution in [0.3, 0.4) is 0 Å². The van der Waals surface area contributed by atoms with E-state index >= 15 is 0 Å². The number of benzene rings is 1. The summed E-state index contributed by atoms with van der Waals surface area (Å²) in [6, 6.07) is 2.40. The average molecular weight is 318 g/mol. The number of carbonyl (C=O) groups excluding carboxylic acids is 1. The first-order chi connectivity index (χ1) is 10.3. The van der Waals surface area contributed by atoms with Gasteiger partial charge >= 0.3 is 6.18 Å². The van der Waals surface area contributed by atoms with Crippen LogP contribution in [0.2, 0.25) is 0 Å². The van der Waals surface area contributed by atoms with Crippen LogP contribution >= 0.6 is 0 Å². The lowest BCUT2D eigenvalue weighted by Gasteiger charge is -2.25. The van der Waals surface area contributed by atoms with Gasteiger partial charge in [0.15, 0.2) is 0 Å². The first-order valence-corrected chi connectivity index (χ1v) is 7.16. The highest BCUT2D eigenvalue weighted by Crippen LogP contribution is 2.32. The van der Waals surface area contributed by atoms with Gasteiger partial charge in [0.05, 0.1) is 5.56 Å². The predicted molar refractivity (Wildman–Crippen MR) is 73.2 cm³/mol. The number of hydrogen-bond acceptors (Lipinski definition) is 2. The molecule has 1 aliphatic rings. The number of halogens is 4. The number of amides is 1. The molecule has 22 heavy (non-hydrogen) atoms. The van der Waals surface area contributed by atoms with Crippen LogP contribution in [0.1, 0.15) is 36.8 Å². The van der Waals surface area contributed by atoms with Gasteiger partial charge in [-0.25, -0.2) is 4.39 Å². The molecule has 1 amide bonds. The van der Waals surface area contributed by atoms with E-state index in [0.717, 1.165) is 25.0 Å². The molecule has 0 radical (unpaired) electrons. The molecule has 0 saturated heterocycles. The molecule has 0 spiro atoms. The summed E-state index contributed by atoms with van der Waals surface area (Å²) in [6.45, 7) is -0.278. The Morgan fingerprint density at radius 3 is 2.68 bits per heavy atom. The van der Waals surface area contributed by atoms with Gasteiger partial charge in [-0.1, -0.05) is 12.5 Å². The Morgan fingerprint density at radius 1 is 1.32 bits per heavy atom. The van der Waals surface area contributed by atoms with E-state index in [1.807, 2.05) is 0 Å². The molecule has 122 valence electrons. The largest absolute Gasteiger partial charge is 0.416 e. The van der Waals surface area contributed by atoms with Gasteiger partial charge in [-0.15, -0.1) is 0 Å². The van der Waals surface area contributed by atoms with Crippen molar-refractivity contribution in [2.45, 2.75) is 44.4 Å². The summed E-state index contributed by atoms with van der Waals surface area (Å²) in [5.41, 5.74) is 4.59. The van der Waals surface area contributed by atoms with E-state index < -0.39 is 17.6 Å². The summed E-state index contributed by atoms with van der Waals surface area (Å²) in [7, 11) is 0. The third kappa shape index (κ3) is 4.19. The van der Waals surface area contributed by atoms with Gasteiger partial charge < -0.3 is 11.1 Å². The molecule has 1 fully saturated rings. The van der Waals surface area contributed by atoms with Crippen LogP contribution in [-0.2, 0) is 17.5 Å². The summed E-state index contributed by atoms with van der Waals surface area (Å²) in [5.74, 6) is -1.52. The van der Waals surface area contributed by atoms with Crippen molar-refractivity contribution in [3.8, 4) is 0 Å². The lowest BCUT2D eigenvalue weighted by atomic mass is 9.85. The summed E-state index contributed by atoms with van der Waals surface area (Å²) < 4.78 is 51.6. The molecule has 0 aliphatic heterocycles. The second-order valence-electron chi connectivity index (χ2n) is 5.64. The molecule has 3 N–H and O–H groups in total. The molecule has 0 aromatic heterocycles. The zero-order valence-corrected chi connectivity index (χ0v) is 11.9. The van der Waals surface area contributed by atoms with Crippen LogP contribution in [0.15, 0.2) is 18.2 Å². The van der Waals surface area contributed by atoms with Crippen molar-refractivity contribution in [2.24, 2.45) is 11.7 Å². The second-order valence-corrected chi connectivity index (χ2v) is 5.64. The highest BCUT2D eigenvalue weighted by atomic mass is 19.4. The summed E-state index contributed by atoms with van der Waals surface area (Å²) >= 11 is 0. The standard InChI is InChI=1S/C15H18F4N2O/c16-11-5-4-10(13(7-11)15(17,18)19)8-21-14(22)9-2-1-3-12(20)6-9/h4-5,7,9,12H,1-3,6,8,20H2,(H,21,22). The van der Waals surface area contributed by atoms with Crippen LogP contribution < -0.4 is 11.1 Å². The fourth-order valence-electron chi connectivity index (χ4n) is 2.76. The molecule has 0 heterocycles. The van der Waals surface area contributed by atoms with E-state index in [1.165, 1.54) is 0 Å². The molecule has 2 atom stereocenters. The Hall–Kier alpha value is -1.63. The van der Waals surface area contributed by atoms with E-state index in [0.29, 0.717) is 18.9 Å². The van der Waals surface area contributed by atoms with Crippen molar-refractivity contribution < 1.29 is 22.4 Å². The minimum absolute atomic E-state index is 0.0407.